The van der Waals surface area contributed by atoms with Crippen molar-refractivity contribution in [1.29, 1.82) is 0 Å². The smallest absolute Gasteiger partial charge is 0.179 e. The van der Waals surface area contributed by atoms with Crippen molar-refractivity contribution >= 4 is 45.2 Å². The van der Waals surface area contributed by atoms with Crippen molar-refractivity contribution < 1.29 is 9.47 Å². The average Bonchev–Trinajstić information content (AvgIpc) is 2.60. The first-order valence-electron chi connectivity index (χ1n) is 7.27. The number of ether oxygens (including phenoxy) is 2. The van der Waals surface area contributed by atoms with Gasteiger partial charge in [-0.2, -0.15) is 0 Å². The van der Waals surface area contributed by atoms with Gasteiger partial charge >= 0.3 is 0 Å². The Morgan fingerprint density at radius 3 is 2.58 bits per heavy atom. The van der Waals surface area contributed by atoms with E-state index in [9.17, 15) is 0 Å². The van der Waals surface area contributed by atoms with Crippen molar-refractivity contribution in [1.82, 2.24) is 4.98 Å². The monoisotopic (exact) mass is 359 g/mol. The van der Waals surface area contributed by atoms with Crippen LogP contribution in [0.1, 0.15) is 11.3 Å². The molecule has 3 aromatic rings. The van der Waals surface area contributed by atoms with Crippen LogP contribution in [0.2, 0.25) is 5.02 Å². The summed E-state index contributed by atoms with van der Waals surface area (Å²) in [6.07, 6.45) is 1.80. The lowest BCUT2D eigenvalue weighted by molar-refractivity contribution is 0.355. The van der Waals surface area contributed by atoms with Crippen molar-refractivity contribution in [3.05, 3.63) is 64.8 Å². The highest BCUT2D eigenvalue weighted by molar-refractivity contribution is 6.51. The number of para-hydroxylation sites is 1. The first-order valence-corrected chi connectivity index (χ1v) is 8.03. The Morgan fingerprint density at radius 1 is 1.04 bits per heavy atom. The number of hydrogen-bond donors (Lipinski definition) is 0. The summed E-state index contributed by atoms with van der Waals surface area (Å²) in [5.41, 5.74) is 2.39. The Bertz CT molecular complexity index is 922. The molecular weight excluding hydrogens is 345 g/mol. The summed E-state index contributed by atoms with van der Waals surface area (Å²) >= 11 is 12.7. The van der Waals surface area contributed by atoms with Crippen LogP contribution in [0.5, 0.6) is 11.5 Å². The summed E-state index contributed by atoms with van der Waals surface area (Å²) in [6.45, 7) is 0. The lowest BCUT2D eigenvalue weighted by Crippen LogP contribution is -1.92. The minimum atomic E-state index is 0.457. The van der Waals surface area contributed by atoms with Gasteiger partial charge in [-0.3, -0.25) is 0 Å². The van der Waals surface area contributed by atoms with Gasteiger partial charge in [0.25, 0.3) is 0 Å². The highest BCUT2D eigenvalue weighted by Gasteiger charge is 2.11. The van der Waals surface area contributed by atoms with Crippen LogP contribution in [0.3, 0.4) is 0 Å². The van der Waals surface area contributed by atoms with Crippen molar-refractivity contribution in [2.45, 2.75) is 0 Å². The number of pyridine rings is 1. The topological polar surface area (TPSA) is 31.4 Å². The fourth-order valence-electron chi connectivity index (χ4n) is 2.44. The van der Waals surface area contributed by atoms with E-state index in [0.29, 0.717) is 27.2 Å². The van der Waals surface area contributed by atoms with Gasteiger partial charge in [-0.25, -0.2) is 4.98 Å². The van der Waals surface area contributed by atoms with E-state index in [-0.39, 0.29) is 0 Å². The number of halogens is 2. The van der Waals surface area contributed by atoms with E-state index in [1.165, 1.54) is 0 Å². The number of rotatable bonds is 4. The first kappa shape index (κ1) is 16.6. The molecule has 0 spiro atoms. The van der Waals surface area contributed by atoms with Gasteiger partial charge in [0.05, 0.1) is 35.5 Å². The summed E-state index contributed by atoms with van der Waals surface area (Å²) in [7, 11) is 3.11. The van der Waals surface area contributed by atoms with Gasteiger partial charge in [-0.15, -0.1) is 0 Å². The van der Waals surface area contributed by atoms with Crippen LogP contribution >= 0.6 is 23.2 Å². The van der Waals surface area contributed by atoms with Gasteiger partial charge in [-0.05, 0) is 35.9 Å². The molecule has 0 amide bonds. The number of aromatic nitrogens is 1. The van der Waals surface area contributed by atoms with Crippen LogP contribution in [0.4, 0.5) is 0 Å². The molecule has 0 unspecified atom stereocenters. The van der Waals surface area contributed by atoms with E-state index >= 15 is 0 Å². The Kier molecular flexibility index (Phi) is 4.93. The minimum absolute atomic E-state index is 0.457. The molecule has 0 saturated heterocycles. The first-order chi connectivity index (χ1) is 11.6. The highest BCUT2D eigenvalue weighted by Crippen LogP contribution is 2.37. The molecular formula is C19H15Cl2NO2. The molecule has 122 valence electrons. The predicted octanol–water partition coefficient (Wildman–Crippen LogP) is 5.64. The van der Waals surface area contributed by atoms with E-state index in [4.69, 9.17) is 32.7 Å². The quantitative estimate of drug-likeness (QED) is 0.603. The third kappa shape index (κ3) is 3.32. The van der Waals surface area contributed by atoms with Gasteiger partial charge in [0, 0.05) is 5.39 Å². The van der Waals surface area contributed by atoms with Crippen molar-refractivity contribution in [2.75, 3.05) is 14.2 Å². The summed E-state index contributed by atoms with van der Waals surface area (Å²) in [5, 5.41) is 2.04. The molecule has 0 saturated carbocycles. The van der Waals surface area contributed by atoms with Crippen LogP contribution in [-0.2, 0) is 0 Å². The van der Waals surface area contributed by atoms with Crippen LogP contribution in [0.15, 0.2) is 48.5 Å². The fraction of sp³-hybridized carbons (Fsp3) is 0.105. The maximum absolute atomic E-state index is 6.45. The number of nitrogens with zero attached hydrogens (tertiary/aromatic N) is 1. The van der Waals surface area contributed by atoms with Gasteiger partial charge in [0.15, 0.2) is 11.5 Å². The maximum atomic E-state index is 6.45. The molecule has 2 aromatic carbocycles. The SMILES string of the molecule is COc1cc(/C=C(\Cl)c2ccc3ccccc3n2)cc(Cl)c1OC. The molecule has 0 aliphatic carbocycles. The minimum Gasteiger partial charge on any atom is -0.493 e. The van der Waals surface area contributed by atoms with Gasteiger partial charge in [0.1, 0.15) is 0 Å². The Balaban J connectivity index is 2.01. The van der Waals surface area contributed by atoms with E-state index in [1.54, 1.807) is 26.4 Å². The molecule has 0 bridgehead atoms. The highest BCUT2D eigenvalue weighted by atomic mass is 35.5. The van der Waals surface area contributed by atoms with E-state index in [1.807, 2.05) is 42.5 Å². The Labute approximate surface area is 150 Å². The van der Waals surface area contributed by atoms with Crippen LogP contribution in [-0.4, -0.2) is 19.2 Å². The summed E-state index contributed by atoms with van der Waals surface area (Å²) in [6, 6.07) is 15.4. The lowest BCUT2D eigenvalue weighted by atomic mass is 10.1. The molecule has 0 aliphatic heterocycles. The third-order valence-electron chi connectivity index (χ3n) is 3.59. The molecule has 0 aliphatic rings. The molecule has 1 aromatic heterocycles. The zero-order valence-corrected chi connectivity index (χ0v) is 14.7. The van der Waals surface area contributed by atoms with Gasteiger partial charge in [0.2, 0.25) is 0 Å². The number of benzene rings is 2. The fourth-order valence-corrected chi connectivity index (χ4v) is 2.97. The predicted molar refractivity (Wildman–Crippen MR) is 100 cm³/mol. The second kappa shape index (κ2) is 7.12. The van der Waals surface area contributed by atoms with Crippen LogP contribution in [0.25, 0.3) is 22.0 Å². The molecule has 24 heavy (non-hydrogen) atoms. The Hall–Kier alpha value is -2.23. The van der Waals surface area contributed by atoms with Gasteiger partial charge in [-0.1, -0.05) is 47.5 Å². The molecule has 0 radical (unpaired) electrons. The average molecular weight is 360 g/mol. The zero-order chi connectivity index (χ0) is 17.1. The molecule has 3 rings (SSSR count). The van der Waals surface area contributed by atoms with E-state index in [2.05, 4.69) is 4.98 Å². The van der Waals surface area contributed by atoms with Crippen molar-refractivity contribution in [2.24, 2.45) is 0 Å². The number of fused-ring (bicyclic) bond motifs is 1. The standard InChI is InChI=1S/C19H15Cl2NO2/c1-23-18-11-12(10-15(21)19(18)24-2)9-14(20)17-8-7-13-5-3-4-6-16(13)22-17/h3-11H,1-2H3/b14-9-. The molecule has 3 nitrogen and oxygen atoms in total. The summed E-state index contributed by atoms with van der Waals surface area (Å²) in [4.78, 5) is 4.58. The van der Waals surface area contributed by atoms with Crippen molar-refractivity contribution in [3.63, 3.8) is 0 Å². The van der Waals surface area contributed by atoms with E-state index in [0.717, 1.165) is 16.5 Å². The van der Waals surface area contributed by atoms with E-state index < -0.39 is 0 Å². The second-order valence-corrected chi connectivity index (χ2v) is 5.93. The summed E-state index contributed by atoms with van der Waals surface area (Å²) in [5.74, 6) is 1.04. The van der Waals surface area contributed by atoms with Crippen LogP contribution < -0.4 is 9.47 Å². The maximum Gasteiger partial charge on any atom is 0.179 e. The van der Waals surface area contributed by atoms with Crippen LogP contribution in [0, 0.1) is 0 Å². The molecule has 0 atom stereocenters. The largest absolute Gasteiger partial charge is 0.493 e. The third-order valence-corrected chi connectivity index (χ3v) is 4.18. The summed E-state index contributed by atoms with van der Waals surface area (Å²) < 4.78 is 10.5. The Morgan fingerprint density at radius 2 is 1.83 bits per heavy atom. The second-order valence-electron chi connectivity index (χ2n) is 5.12. The van der Waals surface area contributed by atoms with Crippen molar-refractivity contribution in [3.8, 4) is 11.5 Å². The molecule has 1 heterocycles. The molecule has 0 fully saturated rings. The lowest BCUT2D eigenvalue weighted by Gasteiger charge is -2.10. The molecule has 0 N–H and O–H groups in total. The molecule has 5 heteroatoms. The normalized spacial score (nSPS) is 11.6. The van der Waals surface area contributed by atoms with Gasteiger partial charge < -0.3 is 9.47 Å². The number of hydrogen-bond acceptors (Lipinski definition) is 3. The zero-order valence-electron chi connectivity index (χ0n) is 13.2. The number of methoxy groups -OCH3 is 2.